The highest BCUT2D eigenvalue weighted by Gasteiger charge is 2.17. The first-order chi connectivity index (χ1) is 12.3. The summed E-state index contributed by atoms with van der Waals surface area (Å²) in [5.74, 6) is -0.591. The first-order valence-electron chi connectivity index (χ1n) is 8.15. The van der Waals surface area contributed by atoms with Gasteiger partial charge in [0.05, 0.1) is 11.1 Å². The number of nitrogens with two attached hydrogens (primary N) is 1. The van der Waals surface area contributed by atoms with E-state index in [-0.39, 0.29) is 11.3 Å². The number of nitrogens with zero attached hydrogens (tertiary/aromatic N) is 2. The molecule has 0 aliphatic rings. The van der Waals surface area contributed by atoms with E-state index in [4.69, 9.17) is 10.5 Å². The fourth-order valence-corrected chi connectivity index (χ4v) is 4.28. The molecule has 0 aliphatic heterocycles. The number of hydrogen-bond donors (Lipinski definition) is 2. The van der Waals surface area contributed by atoms with Crippen LogP contribution >= 0.6 is 23.1 Å². The third-order valence-electron chi connectivity index (χ3n) is 3.72. The summed E-state index contributed by atoms with van der Waals surface area (Å²) >= 11 is 2.56. The van der Waals surface area contributed by atoms with Gasteiger partial charge in [0.25, 0.3) is 5.56 Å². The van der Waals surface area contributed by atoms with Crippen LogP contribution in [0.25, 0.3) is 10.2 Å². The van der Waals surface area contributed by atoms with Crippen molar-refractivity contribution in [2.24, 2.45) is 5.73 Å². The summed E-state index contributed by atoms with van der Waals surface area (Å²) in [6.45, 7) is 7.37. The fourth-order valence-electron chi connectivity index (χ4n) is 2.39. The van der Waals surface area contributed by atoms with Crippen molar-refractivity contribution in [1.29, 1.82) is 0 Å². The topological polar surface area (TPSA) is 116 Å². The Balaban J connectivity index is 2.33. The molecule has 0 fully saturated rings. The van der Waals surface area contributed by atoms with E-state index in [1.807, 2.05) is 26.1 Å². The van der Waals surface area contributed by atoms with Crippen LogP contribution in [-0.4, -0.2) is 40.5 Å². The molecule has 8 nitrogen and oxygen atoms in total. The van der Waals surface area contributed by atoms with Crippen LogP contribution in [-0.2, 0) is 16.1 Å². The van der Waals surface area contributed by atoms with Gasteiger partial charge in [-0.05, 0) is 32.8 Å². The number of fused-ring (bicyclic) bond motifs is 1. The quantitative estimate of drug-likeness (QED) is 0.398. The maximum atomic E-state index is 13.0. The highest BCUT2D eigenvalue weighted by atomic mass is 32.2. The Kier molecular flexibility index (Phi) is 7.18. The summed E-state index contributed by atoms with van der Waals surface area (Å²) in [6.07, 6.45) is 0.657. The molecule has 0 atom stereocenters. The zero-order valence-electron chi connectivity index (χ0n) is 15.0. The average molecular weight is 399 g/mol. The van der Waals surface area contributed by atoms with E-state index in [0.29, 0.717) is 41.6 Å². The maximum absolute atomic E-state index is 13.0. The van der Waals surface area contributed by atoms with E-state index in [1.165, 1.54) is 11.3 Å². The van der Waals surface area contributed by atoms with Gasteiger partial charge >= 0.3 is 6.03 Å². The molecule has 2 heterocycles. The Hall–Kier alpha value is -1.91. The van der Waals surface area contributed by atoms with Crippen molar-refractivity contribution < 1.29 is 14.3 Å². The predicted molar refractivity (Wildman–Crippen MR) is 103 cm³/mol. The Bertz CT molecular complexity index is 875. The molecule has 10 heteroatoms. The van der Waals surface area contributed by atoms with Crippen LogP contribution < -0.4 is 16.6 Å². The molecule has 3 amide bonds. The molecule has 142 valence electrons. The third kappa shape index (κ3) is 4.83. The number of thioether (sulfide) groups is 1. The van der Waals surface area contributed by atoms with E-state index in [9.17, 15) is 14.4 Å². The molecular formula is C16H22N4O4S2. The van der Waals surface area contributed by atoms with Crippen LogP contribution in [0.5, 0.6) is 0 Å². The van der Waals surface area contributed by atoms with Gasteiger partial charge in [0.2, 0.25) is 5.91 Å². The van der Waals surface area contributed by atoms with E-state index in [2.05, 4.69) is 4.98 Å². The molecule has 0 saturated heterocycles. The van der Waals surface area contributed by atoms with Crippen molar-refractivity contribution in [3.05, 3.63) is 20.8 Å². The molecule has 0 bridgehead atoms. The number of rotatable bonds is 8. The van der Waals surface area contributed by atoms with Crippen LogP contribution in [0, 0.1) is 13.8 Å². The molecule has 0 spiro atoms. The van der Waals surface area contributed by atoms with Gasteiger partial charge < -0.3 is 10.5 Å². The van der Waals surface area contributed by atoms with Crippen LogP contribution in [0.4, 0.5) is 4.79 Å². The third-order valence-corrected chi connectivity index (χ3v) is 5.80. The highest BCUT2D eigenvalue weighted by Crippen LogP contribution is 2.28. The largest absolute Gasteiger partial charge is 0.382 e. The Morgan fingerprint density at radius 1 is 1.38 bits per heavy atom. The van der Waals surface area contributed by atoms with E-state index >= 15 is 0 Å². The standard InChI is InChI=1S/C16H22N4O4S2/c1-4-24-7-5-6-20-14(22)12-9(2)10(3)26-13(12)19-16(20)25-8-11(21)18-15(17)23/h4-8H2,1-3H3,(H3,17,18,21,23). The summed E-state index contributed by atoms with van der Waals surface area (Å²) in [6, 6.07) is -0.905. The number of carbonyl (C=O) groups excluding carboxylic acids is 2. The normalized spacial score (nSPS) is 11.0. The molecule has 0 unspecified atom stereocenters. The van der Waals surface area contributed by atoms with Crippen LogP contribution in [0.1, 0.15) is 23.8 Å². The lowest BCUT2D eigenvalue weighted by molar-refractivity contribution is -0.117. The number of urea groups is 1. The van der Waals surface area contributed by atoms with E-state index in [0.717, 1.165) is 22.2 Å². The van der Waals surface area contributed by atoms with E-state index < -0.39 is 11.9 Å². The van der Waals surface area contributed by atoms with Crippen LogP contribution in [0.3, 0.4) is 0 Å². The van der Waals surface area contributed by atoms with Crippen molar-refractivity contribution >= 4 is 45.3 Å². The number of thiophene rings is 1. The Morgan fingerprint density at radius 3 is 2.77 bits per heavy atom. The molecule has 2 aromatic heterocycles. The highest BCUT2D eigenvalue weighted by molar-refractivity contribution is 7.99. The Morgan fingerprint density at radius 2 is 2.12 bits per heavy atom. The van der Waals surface area contributed by atoms with E-state index in [1.54, 1.807) is 4.57 Å². The SMILES string of the molecule is CCOCCCn1c(SCC(=O)NC(N)=O)nc2sc(C)c(C)c2c1=O. The number of imide groups is 1. The number of amides is 3. The monoisotopic (exact) mass is 398 g/mol. The van der Waals surface area contributed by atoms with Crippen molar-refractivity contribution in [2.45, 2.75) is 38.9 Å². The second kappa shape index (κ2) is 9.15. The molecule has 3 N–H and O–H groups in total. The minimum absolute atomic E-state index is 0.0598. The minimum atomic E-state index is -0.905. The average Bonchev–Trinajstić information content (AvgIpc) is 2.85. The summed E-state index contributed by atoms with van der Waals surface area (Å²) in [5, 5.41) is 3.07. The van der Waals surface area contributed by atoms with Gasteiger partial charge in [-0.15, -0.1) is 11.3 Å². The summed E-state index contributed by atoms with van der Waals surface area (Å²) in [4.78, 5) is 41.7. The number of primary amides is 1. The molecule has 2 rings (SSSR count). The molecule has 0 aromatic carbocycles. The molecule has 0 radical (unpaired) electrons. The zero-order chi connectivity index (χ0) is 19.3. The molecular weight excluding hydrogens is 376 g/mol. The number of ether oxygens (including phenoxy) is 1. The zero-order valence-corrected chi connectivity index (χ0v) is 16.6. The molecule has 0 aliphatic carbocycles. The first-order valence-corrected chi connectivity index (χ1v) is 9.95. The summed E-state index contributed by atoms with van der Waals surface area (Å²) in [7, 11) is 0. The number of carbonyl (C=O) groups is 2. The van der Waals surface area contributed by atoms with Gasteiger partial charge in [0.15, 0.2) is 5.16 Å². The van der Waals surface area contributed by atoms with Gasteiger partial charge in [-0.25, -0.2) is 9.78 Å². The summed E-state index contributed by atoms with van der Waals surface area (Å²) < 4.78 is 6.91. The minimum Gasteiger partial charge on any atom is -0.382 e. The van der Waals surface area contributed by atoms with Crippen molar-refractivity contribution in [2.75, 3.05) is 19.0 Å². The van der Waals surface area contributed by atoms with Gasteiger partial charge in [-0.3, -0.25) is 19.5 Å². The van der Waals surface area contributed by atoms with Gasteiger partial charge in [0.1, 0.15) is 4.83 Å². The second-order valence-electron chi connectivity index (χ2n) is 5.57. The number of aromatic nitrogens is 2. The summed E-state index contributed by atoms with van der Waals surface area (Å²) in [5.41, 5.74) is 5.76. The smallest absolute Gasteiger partial charge is 0.318 e. The lowest BCUT2D eigenvalue weighted by atomic mass is 10.2. The predicted octanol–water partition coefficient (Wildman–Crippen LogP) is 1.79. The van der Waals surface area contributed by atoms with Crippen LogP contribution in [0.2, 0.25) is 0 Å². The fraction of sp³-hybridized carbons (Fsp3) is 0.500. The lowest BCUT2D eigenvalue weighted by Gasteiger charge is -2.12. The Labute approximate surface area is 159 Å². The van der Waals surface area contributed by atoms with Gasteiger partial charge in [0, 0.05) is 24.6 Å². The second-order valence-corrected chi connectivity index (χ2v) is 7.71. The lowest BCUT2D eigenvalue weighted by Crippen LogP contribution is -2.36. The van der Waals surface area contributed by atoms with Crippen LogP contribution in [0.15, 0.2) is 9.95 Å². The first kappa shape index (κ1) is 20.4. The number of hydrogen-bond acceptors (Lipinski definition) is 7. The number of aryl methyl sites for hydroxylation is 2. The van der Waals surface area contributed by atoms with Crippen molar-refractivity contribution in [3.8, 4) is 0 Å². The molecule has 0 saturated carbocycles. The molecule has 2 aromatic rings. The van der Waals surface area contributed by atoms with Crippen molar-refractivity contribution in [1.82, 2.24) is 14.9 Å². The van der Waals surface area contributed by atoms with Gasteiger partial charge in [-0.2, -0.15) is 0 Å². The van der Waals surface area contributed by atoms with Crippen molar-refractivity contribution in [3.63, 3.8) is 0 Å². The number of nitrogens with one attached hydrogen (secondary N) is 1. The van der Waals surface area contributed by atoms with Gasteiger partial charge in [-0.1, -0.05) is 11.8 Å². The molecule has 26 heavy (non-hydrogen) atoms. The maximum Gasteiger partial charge on any atom is 0.318 e.